The fourth-order valence-electron chi connectivity index (χ4n) is 0.461. The SMILES string of the molecule is CCCC#N.NC(=O)CCCS.O=C(O)CCS.[H+]. The maximum atomic E-state index is 9.95. The molecule has 0 saturated heterocycles. The molecule has 106 valence electrons. The van der Waals surface area contributed by atoms with Gasteiger partial charge in [0.2, 0.25) is 5.91 Å². The van der Waals surface area contributed by atoms with Crippen molar-refractivity contribution >= 4 is 37.1 Å². The molecule has 0 bridgehead atoms. The number of nitrogens with two attached hydrogens (primary N) is 1. The third-order valence-corrected chi connectivity index (χ3v) is 1.81. The Morgan fingerprint density at radius 2 is 1.89 bits per heavy atom. The summed E-state index contributed by atoms with van der Waals surface area (Å²) in [5.74, 6) is 0.136. The van der Waals surface area contributed by atoms with Crippen LogP contribution in [-0.2, 0) is 9.59 Å². The van der Waals surface area contributed by atoms with Crippen LogP contribution < -0.4 is 5.73 Å². The number of amides is 1. The van der Waals surface area contributed by atoms with Crippen molar-refractivity contribution in [3.63, 3.8) is 0 Å². The van der Waals surface area contributed by atoms with E-state index in [-0.39, 0.29) is 13.8 Å². The highest BCUT2D eigenvalue weighted by Gasteiger charge is 1.88. The maximum Gasteiger partial charge on any atom is 1.00 e. The molecule has 0 spiro atoms. The summed E-state index contributed by atoms with van der Waals surface area (Å²) in [7, 11) is 0. The number of carbonyl (C=O) groups is 2. The minimum absolute atomic E-state index is 0. The highest BCUT2D eigenvalue weighted by Crippen LogP contribution is 1.87. The van der Waals surface area contributed by atoms with E-state index < -0.39 is 5.97 Å². The van der Waals surface area contributed by atoms with Gasteiger partial charge in [0, 0.05) is 18.6 Å². The minimum atomic E-state index is -0.787. The molecule has 0 radical (unpaired) electrons. The van der Waals surface area contributed by atoms with Gasteiger partial charge >= 0.3 is 7.40 Å². The first-order valence-corrected chi connectivity index (χ1v) is 6.81. The van der Waals surface area contributed by atoms with Crippen LogP contribution in [0.1, 0.15) is 40.5 Å². The van der Waals surface area contributed by atoms with Gasteiger partial charge < -0.3 is 10.8 Å². The first-order valence-electron chi connectivity index (χ1n) is 5.54. The summed E-state index contributed by atoms with van der Waals surface area (Å²) in [4.78, 5) is 19.5. The van der Waals surface area contributed by atoms with Crippen molar-refractivity contribution in [1.82, 2.24) is 0 Å². The first kappa shape index (κ1) is 22.3. The fourth-order valence-corrected chi connectivity index (χ4v) is 0.810. The summed E-state index contributed by atoms with van der Waals surface area (Å²) >= 11 is 7.57. The molecule has 0 rings (SSSR count). The molecule has 0 aromatic heterocycles. The topological polar surface area (TPSA) is 104 Å². The Kier molecular flexibility index (Phi) is 26.6. The number of hydrogen-bond donors (Lipinski definition) is 4. The van der Waals surface area contributed by atoms with Crippen LogP contribution in [-0.4, -0.2) is 28.5 Å². The molecule has 0 aliphatic rings. The second-order valence-corrected chi connectivity index (χ2v) is 3.96. The summed E-state index contributed by atoms with van der Waals surface area (Å²) in [6, 6.07) is 2.02. The number of carbonyl (C=O) groups excluding carboxylic acids is 1. The van der Waals surface area contributed by atoms with E-state index >= 15 is 0 Å². The zero-order chi connectivity index (χ0) is 14.8. The first-order chi connectivity index (χ1) is 8.45. The zero-order valence-corrected chi connectivity index (χ0v) is 12.4. The molecule has 3 N–H and O–H groups in total. The Morgan fingerprint density at radius 1 is 1.33 bits per heavy atom. The third-order valence-electron chi connectivity index (χ3n) is 1.27. The van der Waals surface area contributed by atoms with Gasteiger partial charge in [-0.25, -0.2) is 0 Å². The number of primary amides is 1. The molecular weight excluding hydrogens is 272 g/mol. The maximum absolute atomic E-state index is 9.95. The number of unbranched alkanes of at least 4 members (excludes halogenated alkanes) is 1. The standard InChI is InChI=1S/C4H9NOS.C4H7N.C3H6O2S/c5-4(6)2-1-3-7;1-2-3-4-5;4-3(5)1-2-6/h7H,1-3H2,(H2,5,6);2-3H2,1H3;6H,1-2H2,(H,4,5)/p+1. The Hall–Kier alpha value is -0.870. The average Bonchev–Trinajstić information content (AvgIpc) is 2.29. The van der Waals surface area contributed by atoms with Gasteiger partial charge in [-0.05, 0) is 18.6 Å². The largest absolute Gasteiger partial charge is 1.00 e. The monoisotopic (exact) mass is 295 g/mol. The predicted octanol–water partition coefficient (Wildman–Crippen LogP) is 2.00. The molecule has 7 heteroatoms. The number of rotatable bonds is 6. The fraction of sp³-hybridized carbons (Fsp3) is 0.727. The second-order valence-electron chi connectivity index (χ2n) is 3.07. The number of nitrogens with zero attached hydrogens (tertiary/aromatic N) is 1. The molecule has 18 heavy (non-hydrogen) atoms. The van der Waals surface area contributed by atoms with E-state index in [9.17, 15) is 9.59 Å². The van der Waals surface area contributed by atoms with Crippen molar-refractivity contribution in [2.75, 3.05) is 11.5 Å². The normalized spacial score (nSPS) is 7.89. The number of nitriles is 1. The molecule has 0 aromatic rings. The van der Waals surface area contributed by atoms with Gasteiger partial charge in [-0.15, -0.1) is 0 Å². The van der Waals surface area contributed by atoms with Crippen molar-refractivity contribution < 1.29 is 16.1 Å². The van der Waals surface area contributed by atoms with Crippen molar-refractivity contribution in [2.24, 2.45) is 5.73 Å². The molecule has 5 nitrogen and oxygen atoms in total. The van der Waals surface area contributed by atoms with Crippen LogP contribution in [0.15, 0.2) is 0 Å². The smallest absolute Gasteiger partial charge is 0.481 e. The van der Waals surface area contributed by atoms with Gasteiger partial charge in [-0.2, -0.15) is 30.5 Å². The summed E-state index contributed by atoms with van der Waals surface area (Å²) in [5.41, 5.74) is 4.81. The molecule has 0 aliphatic heterocycles. The minimum Gasteiger partial charge on any atom is -0.481 e. The van der Waals surface area contributed by atoms with E-state index in [4.69, 9.17) is 16.1 Å². The molecule has 0 heterocycles. The van der Waals surface area contributed by atoms with Crippen LogP contribution in [0.4, 0.5) is 0 Å². The van der Waals surface area contributed by atoms with Gasteiger partial charge in [0.25, 0.3) is 0 Å². The summed E-state index contributed by atoms with van der Waals surface area (Å²) < 4.78 is 0. The molecular formula is C11H23N2O3S2+. The predicted molar refractivity (Wildman–Crippen MR) is 80.0 cm³/mol. The Bertz CT molecular complexity index is 249. The van der Waals surface area contributed by atoms with E-state index in [0.29, 0.717) is 18.6 Å². The van der Waals surface area contributed by atoms with Crippen LogP contribution in [0.2, 0.25) is 0 Å². The van der Waals surface area contributed by atoms with Crippen molar-refractivity contribution in [2.45, 2.75) is 39.0 Å². The van der Waals surface area contributed by atoms with E-state index in [0.717, 1.165) is 18.6 Å². The molecule has 0 atom stereocenters. The highest BCUT2D eigenvalue weighted by atomic mass is 32.1. The van der Waals surface area contributed by atoms with Crippen LogP contribution >= 0.6 is 25.3 Å². The van der Waals surface area contributed by atoms with Gasteiger partial charge in [-0.3, -0.25) is 9.59 Å². The van der Waals surface area contributed by atoms with Crippen LogP contribution in [0.3, 0.4) is 0 Å². The van der Waals surface area contributed by atoms with Crippen LogP contribution in [0.5, 0.6) is 0 Å². The Morgan fingerprint density at radius 3 is 1.94 bits per heavy atom. The number of carboxylic acid groups (broad SMARTS) is 1. The molecule has 0 fully saturated rings. The number of carboxylic acids is 1. The lowest BCUT2D eigenvalue weighted by molar-refractivity contribution is -0.136. The van der Waals surface area contributed by atoms with E-state index in [1.54, 1.807) is 0 Å². The van der Waals surface area contributed by atoms with Gasteiger partial charge in [-0.1, -0.05) is 6.92 Å². The Balaban J connectivity index is -0.0000000878. The van der Waals surface area contributed by atoms with E-state index in [2.05, 4.69) is 25.3 Å². The number of thiol groups is 2. The van der Waals surface area contributed by atoms with Crippen molar-refractivity contribution in [1.29, 1.82) is 5.26 Å². The second kappa shape index (κ2) is 21.4. The number of aliphatic carboxylic acids is 1. The third kappa shape index (κ3) is 45.7. The highest BCUT2D eigenvalue weighted by molar-refractivity contribution is 7.80. The van der Waals surface area contributed by atoms with E-state index in [1.165, 1.54) is 0 Å². The van der Waals surface area contributed by atoms with Crippen molar-refractivity contribution in [3.05, 3.63) is 0 Å². The lowest BCUT2D eigenvalue weighted by atomic mass is 10.3. The van der Waals surface area contributed by atoms with Gasteiger partial charge in [0.05, 0.1) is 12.5 Å². The van der Waals surface area contributed by atoms with Crippen LogP contribution in [0.25, 0.3) is 0 Å². The zero-order valence-electron chi connectivity index (χ0n) is 11.6. The Labute approximate surface area is 121 Å². The molecule has 0 aliphatic carbocycles. The molecule has 0 saturated carbocycles. The number of hydrogen-bond acceptors (Lipinski definition) is 5. The lowest BCUT2D eigenvalue weighted by Gasteiger charge is -1.86. The average molecular weight is 295 g/mol. The molecule has 1 amide bonds. The summed E-state index contributed by atoms with van der Waals surface area (Å²) in [5, 5.41) is 15.7. The summed E-state index contributed by atoms with van der Waals surface area (Å²) in [6.45, 7) is 1.99. The van der Waals surface area contributed by atoms with Gasteiger partial charge in [0.1, 0.15) is 0 Å². The summed E-state index contributed by atoms with van der Waals surface area (Å²) in [6.07, 6.45) is 3.08. The van der Waals surface area contributed by atoms with Crippen molar-refractivity contribution in [3.8, 4) is 6.07 Å². The molecule has 0 unspecified atom stereocenters. The lowest BCUT2D eigenvalue weighted by Crippen LogP contribution is -2.09. The van der Waals surface area contributed by atoms with E-state index in [1.807, 2.05) is 13.0 Å². The van der Waals surface area contributed by atoms with Crippen LogP contribution in [0, 0.1) is 11.3 Å². The molecule has 0 aromatic carbocycles. The van der Waals surface area contributed by atoms with Gasteiger partial charge in [0.15, 0.2) is 0 Å². The quantitative estimate of drug-likeness (QED) is 0.562.